The Morgan fingerprint density at radius 2 is 2.21 bits per heavy atom. The highest BCUT2D eigenvalue weighted by atomic mass is 32.1. The van der Waals surface area contributed by atoms with E-state index in [1.54, 1.807) is 16.6 Å². The minimum atomic E-state index is -1.03. The standard InChI is InChI=1S/C17H16N4O2S/c1-10(15(22)23)12-4-2-3-5-13(12)14-9-21-17(19-14)24-16(20-21)18-8-11-6-7-11/h2-5,9,11H,1,6-8H2,(H,18,20)(H,22,23). The highest BCUT2D eigenvalue weighted by molar-refractivity contribution is 7.20. The zero-order valence-electron chi connectivity index (χ0n) is 12.9. The molecule has 0 aliphatic heterocycles. The van der Waals surface area contributed by atoms with Crippen molar-refractivity contribution in [1.29, 1.82) is 0 Å². The lowest BCUT2D eigenvalue weighted by Gasteiger charge is -2.06. The van der Waals surface area contributed by atoms with Crippen LogP contribution in [-0.4, -0.2) is 32.2 Å². The number of carboxylic acids is 1. The first kappa shape index (κ1) is 14.9. The number of rotatable bonds is 6. The number of nitrogens with one attached hydrogen (secondary N) is 1. The number of hydrogen-bond acceptors (Lipinski definition) is 5. The van der Waals surface area contributed by atoms with Crippen LogP contribution in [0.5, 0.6) is 0 Å². The van der Waals surface area contributed by atoms with Crippen molar-refractivity contribution in [1.82, 2.24) is 14.6 Å². The van der Waals surface area contributed by atoms with Gasteiger partial charge < -0.3 is 10.4 Å². The summed E-state index contributed by atoms with van der Waals surface area (Å²) < 4.78 is 1.73. The Balaban J connectivity index is 1.65. The van der Waals surface area contributed by atoms with Gasteiger partial charge in [-0.2, -0.15) is 0 Å². The van der Waals surface area contributed by atoms with Gasteiger partial charge in [0, 0.05) is 12.1 Å². The summed E-state index contributed by atoms with van der Waals surface area (Å²) in [4.78, 5) is 16.6. The average molecular weight is 340 g/mol. The maximum Gasteiger partial charge on any atom is 0.335 e. The van der Waals surface area contributed by atoms with Gasteiger partial charge in [-0.1, -0.05) is 42.2 Å². The minimum absolute atomic E-state index is 0.0571. The second kappa shape index (κ2) is 5.76. The molecule has 0 saturated heterocycles. The Morgan fingerprint density at radius 1 is 1.42 bits per heavy atom. The lowest BCUT2D eigenvalue weighted by molar-refractivity contribution is -0.130. The molecule has 0 atom stereocenters. The fourth-order valence-electron chi connectivity index (χ4n) is 2.54. The smallest absolute Gasteiger partial charge is 0.335 e. The highest BCUT2D eigenvalue weighted by Gasteiger charge is 2.21. The van der Waals surface area contributed by atoms with Crippen molar-refractivity contribution in [3.05, 3.63) is 42.6 Å². The summed E-state index contributed by atoms with van der Waals surface area (Å²) in [6.45, 7) is 4.62. The molecule has 1 aliphatic carbocycles. The first-order valence-corrected chi connectivity index (χ1v) is 8.55. The fourth-order valence-corrected chi connectivity index (χ4v) is 3.33. The van der Waals surface area contributed by atoms with Crippen LogP contribution in [0, 0.1) is 5.92 Å². The van der Waals surface area contributed by atoms with Crippen molar-refractivity contribution in [3.8, 4) is 11.3 Å². The van der Waals surface area contributed by atoms with Gasteiger partial charge >= 0.3 is 5.97 Å². The number of nitrogens with zero attached hydrogens (tertiary/aromatic N) is 3. The molecule has 0 radical (unpaired) electrons. The molecule has 2 N–H and O–H groups in total. The lowest BCUT2D eigenvalue weighted by Crippen LogP contribution is -2.02. The maximum absolute atomic E-state index is 11.2. The first-order chi connectivity index (χ1) is 11.6. The van der Waals surface area contributed by atoms with Crippen LogP contribution in [0.25, 0.3) is 21.8 Å². The first-order valence-electron chi connectivity index (χ1n) is 7.74. The molecule has 1 aromatic carbocycles. The van der Waals surface area contributed by atoms with E-state index in [1.807, 2.05) is 18.3 Å². The molecular weight excluding hydrogens is 324 g/mol. The van der Waals surface area contributed by atoms with Crippen molar-refractivity contribution in [2.45, 2.75) is 12.8 Å². The third-order valence-corrected chi connectivity index (χ3v) is 4.95. The number of carboxylic acid groups (broad SMARTS) is 1. The van der Waals surface area contributed by atoms with E-state index in [2.05, 4.69) is 22.0 Å². The molecule has 0 bridgehead atoms. The molecule has 1 saturated carbocycles. The zero-order chi connectivity index (χ0) is 16.7. The highest BCUT2D eigenvalue weighted by Crippen LogP contribution is 2.31. The van der Waals surface area contributed by atoms with Gasteiger partial charge in [-0.15, -0.1) is 5.10 Å². The van der Waals surface area contributed by atoms with Crippen LogP contribution in [0.4, 0.5) is 5.13 Å². The molecule has 3 aromatic rings. The Hall–Kier alpha value is -2.67. The maximum atomic E-state index is 11.2. The molecule has 0 amide bonds. The number of imidazole rings is 1. The Bertz CT molecular complexity index is 908. The second-order valence-corrected chi connectivity index (χ2v) is 6.87. The van der Waals surface area contributed by atoms with Crippen molar-refractivity contribution in [2.24, 2.45) is 5.92 Å². The summed E-state index contributed by atoms with van der Waals surface area (Å²) in [7, 11) is 0. The number of carbonyl (C=O) groups is 1. The summed E-state index contributed by atoms with van der Waals surface area (Å²) in [6.07, 6.45) is 4.41. The number of benzene rings is 1. The molecule has 24 heavy (non-hydrogen) atoms. The van der Waals surface area contributed by atoms with Gasteiger partial charge in [0.2, 0.25) is 10.1 Å². The normalized spacial score (nSPS) is 14.0. The number of aliphatic carboxylic acids is 1. The molecule has 4 rings (SSSR count). The van der Waals surface area contributed by atoms with Gasteiger partial charge in [0.1, 0.15) is 0 Å². The summed E-state index contributed by atoms with van der Waals surface area (Å²) >= 11 is 1.49. The van der Waals surface area contributed by atoms with Crippen LogP contribution in [0.3, 0.4) is 0 Å². The summed E-state index contributed by atoms with van der Waals surface area (Å²) in [6, 6.07) is 7.25. The number of fused-ring (bicyclic) bond motifs is 1. The molecule has 1 fully saturated rings. The predicted octanol–water partition coefficient (Wildman–Crippen LogP) is 3.38. The average Bonchev–Trinajstić information content (AvgIpc) is 3.21. The van der Waals surface area contributed by atoms with E-state index in [0.717, 1.165) is 28.1 Å². The number of hydrogen-bond donors (Lipinski definition) is 2. The Morgan fingerprint density at radius 3 is 2.92 bits per heavy atom. The molecule has 0 unspecified atom stereocenters. The second-order valence-electron chi connectivity index (χ2n) is 5.91. The fraction of sp³-hybridized carbons (Fsp3) is 0.235. The van der Waals surface area contributed by atoms with E-state index in [0.29, 0.717) is 11.3 Å². The topological polar surface area (TPSA) is 79.5 Å². The quantitative estimate of drug-likeness (QED) is 0.673. The molecule has 2 heterocycles. The van der Waals surface area contributed by atoms with E-state index < -0.39 is 5.97 Å². The van der Waals surface area contributed by atoms with Crippen LogP contribution in [0.15, 0.2) is 37.0 Å². The third kappa shape index (κ3) is 2.78. The van der Waals surface area contributed by atoms with Crippen LogP contribution in [0.2, 0.25) is 0 Å². The van der Waals surface area contributed by atoms with E-state index in [-0.39, 0.29) is 5.57 Å². The van der Waals surface area contributed by atoms with E-state index in [1.165, 1.54) is 24.2 Å². The third-order valence-electron chi connectivity index (χ3n) is 4.07. The molecule has 122 valence electrons. The van der Waals surface area contributed by atoms with E-state index >= 15 is 0 Å². The predicted molar refractivity (Wildman–Crippen MR) is 94.2 cm³/mol. The van der Waals surface area contributed by atoms with Crippen LogP contribution >= 0.6 is 11.3 Å². The lowest BCUT2D eigenvalue weighted by atomic mass is 9.99. The molecule has 2 aromatic heterocycles. The van der Waals surface area contributed by atoms with Crippen LogP contribution in [0.1, 0.15) is 18.4 Å². The Kier molecular flexibility index (Phi) is 3.57. The van der Waals surface area contributed by atoms with Gasteiger partial charge in [-0.05, 0) is 24.3 Å². The molecule has 7 heteroatoms. The van der Waals surface area contributed by atoms with Crippen LogP contribution in [-0.2, 0) is 4.79 Å². The minimum Gasteiger partial charge on any atom is -0.478 e. The van der Waals surface area contributed by atoms with Crippen molar-refractivity contribution in [3.63, 3.8) is 0 Å². The molecule has 1 aliphatic rings. The van der Waals surface area contributed by atoms with E-state index in [9.17, 15) is 9.90 Å². The van der Waals surface area contributed by atoms with Gasteiger partial charge in [-0.25, -0.2) is 14.3 Å². The van der Waals surface area contributed by atoms with Gasteiger partial charge in [0.05, 0.1) is 17.5 Å². The largest absolute Gasteiger partial charge is 0.478 e. The molecule has 0 spiro atoms. The van der Waals surface area contributed by atoms with Crippen LogP contribution < -0.4 is 5.32 Å². The Labute approximate surface area is 142 Å². The summed E-state index contributed by atoms with van der Waals surface area (Å²) in [5, 5.41) is 17.9. The molecular formula is C17H16N4O2S. The summed E-state index contributed by atoms with van der Waals surface area (Å²) in [5.41, 5.74) is 2.07. The SMILES string of the molecule is C=C(C(=O)O)c1ccccc1-c1cn2nc(NCC3CC3)sc2n1. The summed E-state index contributed by atoms with van der Waals surface area (Å²) in [5.74, 6) is -0.251. The number of aromatic nitrogens is 3. The van der Waals surface area contributed by atoms with Crippen molar-refractivity contribution >= 4 is 33.0 Å². The van der Waals surface area contributed by atoms with Gasteiger partial charge in [0.25, 0.3) is 0 Å². The van der Waals surface area contributed by atoms with Crippen molar-refractivity contribution < 1.29 is 9.90 Å². The van der Waals surface area contributed by atoms with Gasteiger partial charge in [0.15, 0.2) is 0 Å². The monoisotopic (exact) mass is 340 g/mol. The zero-order valence-corrected chi connectivity index (χ0v) is 13.7. The molecule has 6 nitrogen and oxygen atoms in total. The van der Waals surface area contributed by atoms with Crippen molar-refractivity contribution in [2.75, 3.05) is 11.9 Å². The number of anilines is 1. The van der Waals surface area contributed by atoms with Gasteiger partial charge in [-0.3, -0.25) is 0 Å². The van der Waals surface area contributed by atoms with E-state index in [4.69, 9.17) is 0 Å².